The van der Waals surface area contributed by atoms with Gasteiger partial charge in [-0.25, -0.2) is 4.39 Å². The van der Waals surface area contributed by atoms with Gasteiger partial charge in [-0.2, -0.15) is 0 Å². The summed E-state index contributed by atoms with van der Waals surface area (Å²) in [5.74, 6) is 1.51. The van der Waals surface area contributed by atoms with Crippen molar-refractivity contribution in [1.29, 1.82) is 0 Å². The van der Waals surface area contributed by atoms with E-state index in [2.05, 4.69) is 21.9 Å². The number of halogens is 2. The Kier molecular flexibility index (Phi) is 5.17. The van der Waals surface area contributed by atoms with Crippen LogP contribution in [0.25, 0.3) is 0 Å². The molecular formula is C13H13BrFNO. The molecule has 1 rings (SSSR count). The van der Waals surface area contributed by atoms with E-state index in [1.165, 1.54) is 17.0 Å². The summed E-state index contributed by atoms with van der Waals surface area (Å²) in [4.78, 5) is 13.5. The standard InChI is InChI=1S/C13H13BrFNO/c1-3-7-16(8-4-2)13(17)11-9-10(14)5-6-12(11)15/h1,5-6,9H,4,7-8H2,2H3. The molecule has 0 atom stereocenters. The monoisotopic (exact) mass is 297 g/mol. The molecule has 0 N–H and O–H groups in total. The second-order valence-corrected chi connectivity index (χ2v) is 4.47. The van der Waals surface area contributed by atoms with Gasteiger partial charge in [0.1, 0.15) is 5.82 Å². The van der Waals surface area contributed by atoms with Crippen LogP contribution in [-0.4, -0.2) is 23.9 Å². The fourth-order valence-electron chi connectivity index (χ4n) is 1.46. The highest BCUT2D eigenvalue weighted by atomic mass is 79.9. The van der Waals surface area contributed by atoms with Crippen LogP contribution in [0.1, 0.15) is 23.7 Å². The Morgan fingerprint density at radius 2 is 2.29 bits per heavy atom. The Bertz CT molecular complexity index is 453. The molecule has 1 aromatic rings. The van der Waals surface area contributed by atoms with Gasteiger partial charge in [0.05, 0.1) is 12.1 Å². The minimum atomic E-state index is -0.531. The highest BCUT2D eigenvalue weighted by Crippen LogP contribution is 2.17. The Labute approximate surface area is 109 Å². The Morgan fingerprint density at radius 3 is 2.88 bits per heavy atom. The molecule has 0 aliphatic heterocycles. The molecule has 1 amide bonds. The fourth-order valence-corrected chi connectivity index (χ4v) is 1.83. The number of nitrogens with zero attached hydrogens (tertiary/aromatic N) is 1. The summed E-state index contributed by atoms with van der Waals surface area (Å²) >= 11 is 3.21. The van der Waals surface area contributed by atoms with Gasteiger partial charge in [0.15, 0.2) is 0 Å². The molecule has 0 radical (unpaired) electrons. The molecule has 90 valence electrons. The summed E-state index contributed by atoms with van der Waals surface area (Å²) in [6.45, 7) is 2.65. The summed E-state index contributed by atoms with van der Waals surface area (Å²) in [5.41, 5.74) is 0.0445. The molecule has 1 aromatic carbocycles. The summed E-state index contributed by atoms with van der Waals surface area (Å²) in [6, 6.07) is 4.28. The third kappa shape index (κ3) is 3.57. The highest BCUT2D eigenvalue weighted by molar-refractivity contribution is 9.10. The first-order valence-corrected chi connectivity index (χ1v) is 6.07. The lowest BCUT2D eigenvalue weighted by molar-refractivity contribution is 0.0772. The van der Waals surface area contributed by atoms with Crippen LogP contribution in [0.2, 0.25) is 0 Å². The van der Waals surface area contributed by atoms with Crippen molar-refractivity contribution in [3.63, 3.8) is 0 Å². The maximum absolute atomic E-state index is 13.5. The third-order valence-corrected chi connectivity index (χ3v) is 2.71. The number of benzene rings is 1. The number of carbonyl (C=O) groups excluding carboxylic acids is 1. The molecule has 0 bridgehead atoms. The molecule has 0 heterocycles. The number of terminal acetylenes is 1. The van der Waals surface area contributed by atoms with Gasteiger partial charge in [-0.05, 0) is 24.6 Å². The summed E-state index contributed by atoms with van der Waals surface area (Å²) in [7, 11) is 0. The van der Waals surface area contributed by atoms with Crippen molar-refractivity contribution in [3.05, 3.63) is 34.1 Å². The number of hydrogen-bond acceptors (Lipinski definition) is 1. The van der Waals surface area contributed by atoms with Crippen molar-refractivity contribution in [2.45, 2.75) is 13.3 Å². The predicted molar refractivity (Wildman–Crippen MR) is 69.1 cm³/mol. The van der Waals surface area contributed by atoms with Crippen LogP contribution in [0.4, 0.5) is 4.39 Å². The maximum atomic E-state index is 13.5. The van der Waals surface area contributed by atoms with Crippen LogP contribution in [0.15, 0.2) is 22.7 Å². The molecule has 17 heavy (non-hydrogen) atoms. The van der Waals surface area contributed by atoms with Crippen molar-refractivity contribution in [3.8, 4) is 12.3 Å². The van der Waals surface area contributed by atoms with Crippen molar-refractivity contribution >= 4 is 21.8 Å². The largest absolute Gasteiger partial charge is 0.327 e. The van der Waals surface area contributed by atoms with Crippen molar-refractivity contribution in [2.75, 3.05) is 13.1 Å². The smallest absolute Gasteiger partial charge is 0.257 e. The van der Waals surface area contributed by atoms with Crippen LogP contribution in [0.5, 0.6) is 0 Å². The normalized spacial score (nSPS) is 9.76. The zero-order valence-electron chi connectivity index (χ0n) is 9.54. The lowest BCUT2D eigenvalue weighted by atomic mass is 10.2. The SMILES string of the molecule is C#CCN(CCC)C(=O)c1cc(Br)ccc1F. The van der Waals surface area contributed by atoms with Gasteiger partial charge in [0.2, 0.25) is 0 Å². The first-order valence-electron chi connectivity index (χ1n) is 5.28. The molecule has 0 aliphatic rings. The van der Waals surface area contributed by atoms with E-state index in [1.807, 2.05) is 6.92 Å². The average molecular weight is 298 g/mol. The van der Waals surface area contributed by atoms with Crippen molar-refractivity contribution in [1.82, 2.24) is 4.90 Å². The Morgan fingerprint density at radius 1 is 1.59 bits per heavy atom. The summed E-state index contributed by atoms with van der Waals surface area (Å²) in [5, 5.41) is 0. The van der Waals surface area contributed by atoms with Gasteiger partial charge in [-0.15, -0.1) is 6.42 Å². The lowest BCUT2D eigenvalue weighted by Gasteiger charge is -2.19. The van der Waals surface area contributed by atoms with Crippen LogP contribution in [0.3, 0.4) is 0 Å². The molecular weight excluding hydrogens is 285 g/mol. The zero-order chi connectivity index (χ0) is 12.8. The predicted octanol–water partition coefficient (Wildman–Crippen LogP) is 3.07. The van der Waals surface area contributed by atoms with Gasteiger partial charge < -0.3 is 4.90 Å². The zero-order valence-corrected chi connectivity index (χ0v) is 11.1. The van der Waals surface area contributed by atoms with E-state index < -0.39 is 5.82 Å². The average Bonchev–Trinajstić information content (AvgIpc) is 2.31. The Balaban J connectivity index is 3.00. The second-order valence-electron chi connectivity index (χ2n) is 3.56. The quantitative estimate of drug-likeness (QED) is 0.782. The molecule has 0 fully saturated rings. The topological polar surface area (TPSA) is 20.3 Å². The van der Waals surface area contributed by atoms with Crippen LogP contribution in [-0.2, 0) is 0 Å². The highest BCUT2D eigenvalue weighted by Gasteiger charge is 2.18. The van der Waals surface area contributed by atoms with E-state index in [0.29, 0.717) is 11.0 Å². The molecule has 0 saturated heterocycles. The number of carbonyl (C=O) groups is 1. The van der Waals surface area contributed by atoms with Gasteiger partial charge in [0, 0.05) is 11.0 Å². The number of rotatable bonds is 4. The molecule has 0 spiro atoms. The van der Waals surface area contributed by atoms with E-state index >= 15 is 0 Å². The van der Waals surface area contributed by atoms with Crippen LogP contribution >= 0.6 is 15.9 Å². The van der Waals surface area contributed by atoms with Crippen molar-refractivity contribution < 1.29 is 9.18 Å². The molecule has 0 saturated carbocycles. The van der Waals surface area contributed by atoms with Gasteiger partial charge in [-0.3, -0.25) is 4.79 Å². The molecule has 2 nitrogen and oxygen atoms in total. The Hall–Kier alpha value is -1.34. The van der Waals surface area contributed by atoms with E-state index in [-0.39, 0.29) is 18.0 Å². The first-order chi connectivity index (χ1) is 8.10. The van der Waals surface area contributed by atoms with Crippen molar-refractivity contribution in [2.24, 2.45) is 0 Å². The lowest BCUT2D eigenvalue weighted by Crippen LogP contribution is -2.32. The molecule has 0 aliphatic carbocycles. The molecule has 0 aromatic heterocycles. The van der Waals surface area contributed by atoms with E-state index in [4.69, 9.17) is 6.42 Å². The summed E-state index contributed by atoms with van der Waals surface area (Å²) in [6.07, 6.45) is 5.98. The minimum absolute atomic E-state index is 0.0445. The minimum Gasteiger partial charge on any atom is -0.327 e. The van der Waals surface area contributed by atoms with Gasteiger partial charge in [0.25, 0.3) is 5.91 Å². The number of amides is 1. The second kappa shape index (κ2) is 6.41. The van der Waals surface area contributed by atoms with E-state index in [0.717, 1.165) is 6.42 Å². The van der Waals surface area contributed by atoms with Crippen LogP contribution in [0, 0.1) is 18.2 Å². The molecule has 0 unspecified atom stereocenters. The molecule has 4 heteroatoms. The third-order valence-electron chi connectivity index (χ3n) is 2.22. The number of hydrogen-bond donors (Lipinski definition) is 0. The van der Waals surface area contributed by atoms with Gasteiger partial charge >= 0.3 is 0 Å². The first kappa shape index (κ1) is 13.7. The van der Waals surface area contributed by atoms with Crippen LogP contribution < -0.4 is 0 Å². The maximum Gasteiger partial charge on any atom is 0.257 e. The van der Waals surface area contributed by atoms with Gasteiger partial charge in [-0.1, -0.05) is 28.8 Å². The fraction of sp³-hybridized carbons (Fsp3) is 0.308. The summed E-state index contributed by atoms with van der Waals surface area (Å²) < 4.78 is 14.2. The van der Waals surface area contributed by atoms with E-state index in [9.17, 15) is 9.18 Å². The van der Waals surface area contributed by atoms with E-state index in [1.54, 1.807) is 6.07 Å².